The summed E-state index contributed by atoms with van der Waals surface area (Å²) in [6.07, 6.45) is -0.0483. The third kappa shape index (κ3) is 3.39. The van der Waals surface area contributed by atoms with Gasteiger partial charge in [0.05, 0.1) is 31.7 Å². The van der Waals surface area contributed by atoms with Gasteiger partial charge in [-0.2, -0.15) is 0 Å². The summed E-state index contributed by atoms with van der Waals surface area (Å²) in [7, 11) is 0. The maximum Gasteiger partial charge on any atom is 0.266 e. The molecule has 6 nitrogen and oxygen atoms in total. The van der Waals surface area contributed by atoms with Crippen LogP contribution in [0.15, 0.2) is 0 Å². The zero-order valence-electron chi connectivity index (χ0n) is 14.1. The summed E-state index contributed by atoms with van der Waals surface area (Å²) >= 11 is 0. The Labute approximate surface area is 140 Å². The number of likely N-dealkylation sites (tertiary alicyclic amines) is 2. The van der Waals surface area contributed by atoms with E-state index in [0.29, 0.717) is 45.8 Å². The number of nitrogens with zero attached hydrogens (tertiary/aromatic N) is 3. The van der Waals surface area contributed by atoms with E-state index >= 15 is 0 Å². The number of rotatable bonds is 3. The molecular weight excluding hydrogens is 320 g/mol. The summed E-state index contributed by atoms with van der Waals surface area (Å²) < 4.78 is 33.8. The smallest absolute Gasteiger partial charge is 0.266 e. The van der Waals surface area contributed by atoms with Crippen LogP contribution in [-0.2, 0) is 14.3 Å². The Morgan fingerprint density at radius 3 is 2.54 bits per heavy atom. The van der Waals surface area contributed by atoms with E-state index in [1.165, 1.54) is 4.90 Å². The lowest BCUT2D eigenvalue weighted by Gasteiger charge is -2.43. The molecule has 1 unspecified atom stereocenters. The fourth-order valence-electron chi connectivity index (χ4n) is 4.04. The zero-order valence-corrected chi connectivity index (χ0v) is 14.1. The summed E-state index contributed by atoms with van der Waals surface area (Å²) in [5.41, 5.74) is -1.11. The number of piperidine rings is 1. The van der Waals surface area contributed by atoms with E-state index < -0.39 is 24.3 Å². The van der Waals surface area contributed by atoms with Gasteiger partial charge in [-0.3, -0.25) is 14.5 Å². The molecule has 1 spiro atoms. The van der Waals surface area contributed by atoms with Crippen LogP contribution in [0.5, 0.6) is 0 Å². The molecular formula is C16H25F2N3O3. The van der Waals surface area contributed by atoms with Gasteiger partial charge in [0.25, 0.3) is 5.92 Å². The summed E-state index contributed by atoms with van der Waals surface area (Å²) in [4.78, 5) is 29.9. The minimum absolute atomic E-state index is 0.112. The van der Waals surface area contributed by atoms with Crippen molar-refractivity contribution >= 4 is 11.8 Å². The molecule has 0 bridgehead atoms. The molecule has 0 aromatic carbocycles. The lowest BCUT2D eigenvalue weighted by molar-refractivity contribution is -0.164. The molecule has 3 fully saturated rings. The summed E-state index contributed by atoms with van der Waals surface area (Å²) in [5.74, 6) is -3.56. The van der Waals surface area contributed by atoms with Gasteiger partial charge < -0.3 is 14.5 Å². The van der Waals surface area contributed by atoms with E-state index in [1.807, 2.05) is 11.8 Å². The van der Waals surface area contributed by atoms with Gasteiger partial charge in [0, 0.05) is 39.1 Å². The number of carbonyl (C=O) groups is 2. The Kier molecular flexibility index (Phi) is 4.79. The normalized spacial score (nSPS) is 31.0. The first-order valence-corrected chi connectivity index (χ1v) is 8.60. The second-order valence-corrected chi connectivity index (χ2v) is 7.09. The van der Waals surface area contributed by atoms with Crippen LogP contribution in [0.2, 0.25) is 0 Å². The first-order valence-electron chi connectivity index (χ1n) is 8.60. The predicted molar refractivity (Wildman–Crippen MR) is 82.7 cm³/mol. The van der Waals surface area contributed by atoms with E-state index in [0.717, 1.165) is 0 Å². The second kappa shape index (κ2) is 6.55. The average Bonchev–Trinajstić information content (AvgIpc) is 2.82. The Balaban J connectivity index is 1.71. The largest absolute Gasteiger partial charge is 0.379 e. The van der Waals surface area contributed by atoms with E-state index in [9.17, 15) is 18.4 Å². The van der Waals surface area contributed by atoms with Crippen LogP contribution in [0.4, 0.5) is 8.78 Å². The fraction of sp³-hybridized carbons (Fsp3) is 0.875. The Hall–Kier alpha value is -1.28. The monoisotopic (exact) mass is 345 g/mol. The third-order valence-electron chi connectivity index (χ3n) is 5.31. The first kappa shape index (κ1) is 17.5. The van der Waals surface area contributed by atoms with Gasteiger partial charge >= 0.3 is 0 Å². The lowest BCUT2D eigenvalue weighted by Crippen LogP contribution is -2.58. The van der Waals surface area contributed by atoms with E-state index in [4.69, 9.17) is 4.74 Å². The molecule has 0 saturated carbocycles. The van der Waals surface area contributed by atoms with Gasteiger partial charge in [-0.05, 0) is 13.3 Å². The molecule has 24 heavy (non-hydrogen) atoms. The van der Waals surface area contributed by atoms with Gasteiger partial charge in [0.2, 0.25) is 11.8 Å². The Morgan fingerprint density at radius 2 is 1.92 bits per heavy atom. The number of amides is 2. The highest BCUT2D eigenvalue weighted by atomic mass is 19.3. The van der Waals surface area contributed by atoms with Crippen molar-refractivity contribution in [2.45, 2.75) is 25.7 Å². The summed E-state index contributed by atoms with van der Waals surface area (Å²) in [6, 6.07) is 0. The van der Waals surface area contributed by atoms with E-state index in [-0.39, 0.29) is 24.9 Å². The summed E-state index contributed by atoms with van der Waals surface area (Å²) in [6.45, 7) is 4.87. The quantitative estimate of drug-likeness (QED) is 0.744. The standard InChI is InChI=1S/C16H25F2N3O3/c1-2-20-4-3-15(14(20)23)10-16(17,18)12-21(11-15)13(22)9-19-5-7-24-8-6-19/h2-12H2,1H3. The highest BCUT2D eigenvalue weighted by molar-refractivity contribution is 5.87. The lowest BCUT2D eigenvalue weighted by atomic mass is 9.77. The van der Waals surface area contributed by atoms with Crippen LogP contribution in [0.25, 0.3) is 0 Å². The molecule has 0 aromatic rings. The van der Waals surface area contributed by atoms with E-state index in [1.54, 1.807) is 4.90 Å². The number of halogens is 2. The maximum absolute atomic E-state index is 14.3. The first-order chi connectivity index (χ1) is 11.4. The Morgan fingerprint density at radius 1 is 1.21 bits per heavy atom. The molecule has 1 atom stereocenters. The van der Waals surface area contributed by atoms with Crippen LogP contribution in [0.3, 0.4) is 0 Å². The minimum atomic E-state index is -3.02. The van der Waals surface area contributed by atoms with Gasteiger partial charge in [0.1, 0.15) is 0 Å². The molecule has 3 saturated heterocycles. The fourth-order valence-corrected chi connectivity index (χ4v) is 4.04. The molecule has 136 valence electrons. The van der Waals surface area contributed by atoms with Crippen LogP contribution in [-0.4, -0.2) is 91.5 Å². The molecule has 3 aliphatic rings. The number of hydrogen-bond acceptors (Lipinski definition) is 4. The third-order valence-corrected chi connectivity index (χ3v) is 5.31. The van der Waals surface area contributed by atoms with Gasteiger partial charge in [-0.15, -0.1) is 0 Å². The van der Waals surface area contributed by atoms with Crippen molar-refractivity contribution in [2.24, 2.45) is 5.41 Å². The topological polar surface area (TPSA) is 53.1 Å². The number of alkyl halides is 2. The minimum Gasteiger partial charge on any atom is -0.379 e. The van der Waals surface area contributed by atoms with Crippen molar-refractivity contribution in [3.63, 3.8) is 0 Å². The molecule has 0 aromatic heterocycles. The average molecular weight is 345 g/mol. The Bertz CT molecular complexity index is 511. The van der Waals surface area contributed by atoms with Crippen LogP contribution >= 0.6 is 0 Å². The molecule has 0 N–H and O–H groups in total. The van der Waals surface area contributed by atoms with Crippen LogP contribution < -0.4 is 0 Å². The van der Waals surface area contributed by atoms with Crippen molar-refractivity contribution in [3.8, 4) is 0 Å². The number of hydrogen-bond donors (Lipinski definition) is 0. The maximum atomic E-state index is 14.3. The number of morpholine rings is 1. The van der Waals surface area contributed by atoms with Gasteiger partial charge in [0.15, 0.2) is 0 Å². The van der Waals surface area contributed by atoms with Crippen LogP contribution in [0.1, 0.15) is 19.8 Å². The number of ether oxygens (including phenoxy) is 1. The molecule has 3 heterocycles. The molecule has 0 radical (unpaired) electrons. The molecule has 8 heteroatoms. The van der Waals surface area contributed by atoms with Gasteiger partial charge in [-0.25, -0.2) is 8.78 Å². The zero-order chi connectivity index (χ0) is 17.4. The molecule has 3 aliphatic heterocycles. The second-order valence-electron chi connectivity index (χ2n) is 7.09. The van der Waals surface area contributed by atoms with Crippen molar-refractivity contribution < 1.29 is 23.1 Å². The van der Waals surface area contributed by atoms with Crippen molar-refractivity contribution in [1.29, 1.82) is 0 Å². The molecule has 2 amide bonds. The predicted octanol–water partition coefficient (Wildman–Crippen LogP) is 0.425. The highest BCUT2D eigenvalue weighted by Gasteiger charge is 2.57. The highest BCUT2D eigenvalue weighted by Crippen LogP contribution is 2.45. The van der Waals surface area contributed by atoms with Crippen LogP contribution in [0, 0.1) is 5.41 Å². The van der Waals surface area contributed by atoms with Gasteiger partial charge in [-0.1, -0.05) is 0 Å². The van der Waals surface area contributed by atoms with Crippen molar-refractivity contribution in [1.82, 2.24) is 14.7 Å². The van der Waals surface area contributed by atoms with Crippen molar-refractivity contribution in [2.75, 3.05) is 59.0 Å². The van der Waals surface area contributed by atoms with Crippen molar-refractivity contribution in [3.05, 3.63) is 0 Å². The number of carbonyl (C=O) groups excluding carboxylic acids is 2. The SMILES string of the molecule is CCN1CCC2(CN(C(=O)CN3CCOCC3)CC(F)(F)C2)C1=O. The molecule has 3 rings (SSSR count). The molecule has 0 aliphatic carbocycles. The summed E-state index contributed by atoms with van der Waals surface area (Å²) in [5, 5.41) is 0. The van der Waals surface area contributed by atoms with E-state index in [2.05, 4.69) is 0 Å².